The van der Waals surface area contributed by atoms with Crippen molar-refractivity contribution in [1.29, 1.82) is 0 Å². The lowest BCUT2D eigenvalue weighted by Crippen LogP contribution is -2.29. The molecule has 0 aromatic carbocycles. The molecule has 4 nitrogen and oxygen atoms in total. The van der Waals surface area contributed by atoms with Gasteiger partial charge < -0.3 is 9.88 Å². The van der Waals surface area contributed by atoms with E-state index in [1.807, 2.05) is 13.8 Å². The number of nitrogens with zero attached hydrogens (tertiary/aromatic N) is 2. The summed E-state index contributed by atoms with van der Waals surface area (Å²) in [4.78, 5) is 16.2. The van der Waals surface area contributed by atoms with Gasteiger partial charge in [-0.05, 0) is 25.7 Å². The van der Waals surface area contributed by atoms with Crippen molar-refractivity contribution in [1.82, 2.24) is 9.55 Å². The van der Waals surface area contributed by atoms with Gasteiger partial charge in [-0.3, -0.25) is 4.79 Å². The summed E-state index contributed by atoms with van der Waals surface area (Å²) < 4.78 is 1.69. The van der Waals surface area contributed by atoms with Crippen LogP contribution in [-0.2, 0) is 0 Å². The van der Waals surface area contributed by atoms with E-state index in [1.54, 1.807) is 17.0 Å². The second-order valence-electron chi connectivity index (χ2n) is 5.45. The molecular formula is C13H23N3O. The molecule has 17 heavy (non-hydrogen) atoms. The van der Waals surface area contributed by atoms with Crippen LogP contribution in [0.1, 0.15) is 47.1 Å². The minimum Gasteiger partial charge on any atom is -0.365 e. The highest BCUT2D eigenvalue weighted by Gasteiger charge is 2.16. The first-order valence-corrected chi connectivity index (χ1v) is 6.18. The standard InChI is InChI=1S/C13H23N3O/c1-6-13(4,5)9-15-11-12(17)16(10(2)3)8-7-14-11/h7-8,10H,6,9H2,1-5H3,(H,14,15). The van der Waals surface area contributed by atoms with Crippen molar-refractivity contribution in [2.45, 2.75) is 47.1 Å². The average Bonchev–Trinajstić information content (AvgIpc) is 2.27. The van der Waals surface area contributed by atoms with E-state index in [9.17, 15) is 4.79 Å². The lowest BCUT2D eigenvalue weighted by molar-refractivity contribution is 0.376. The lowest BCUT2D eigenvalue weighted by atomic mass is 9.90. The molecule has 0 aliphatic rings. The van der Waals surface area contributed by atoms with Crippen LogP contribution in [-0.4, -0.2) is 16.1 Å². The van der Waals surface area contributed by atoms with Gasteiger partial charge in [0.15, 0.2) is 5.82 Å². The van der Waals surface area contributed by atoms with E-state index in [4.69, 9.17) is 0 Å². The second-order valence-corrected chi connectivity index (χ2v) is 5.45. The molecule has 1 aromatic heterocycles. The number of hydrogen-bond donors (Lipinski definition) is 1. The minimum atomic E-state index is -0.0468. The molecule has 0 aliphatic carbocycles. The molecule has 1 rings (SSSR count). The molecular weight excluding hydrogens is 214 g/mol. The SMILES string of the molecule is CCC(C)(C)CNc1nccn(C(C)C)c1=O. The van der Waals surface area contributed by atoms with E-state index in [1.165, 1.54) is 0 Å². The van der Waals surface area contributed by atoms with Gasteiger partial charge in [0.2, 0.25) is 0 Å². The van der Waals surface area contributed by atoms with E-state index in [0.717, 1.165) is 13.0 Å². The second kappa shape index (κ2) is 5.34. The number of nitrogens with one attached hydrogen (secondary N) is 1. The first kappa shape index (κ1) is 13.7. The molecule has 0 fully saturated rings. The quantitative estimate of drug-likeness (QED) is 0.856. The zero-order valence-electron chi connectivity index (χ0n) is 11.4. The first-order chi connectivity index (χ1) is 7.87. The summed E-state index contributed by atoms with van der Waals surface area (Å²) in [5.74, 6) is 0.447. The molecule has 0 radical (unpaired) electrons. The smallest absolute Gasteiger partial charge is 0.293 e. The Morgan fingerprint density at radius 3 is 2.65 bits per heavy atom. The van der Waals surface area contributed by atoms with Gasteiger partial charge >= 0.3 is 0 Å². The molecule has 4 heteroatoms. The van der Waals surface area contributed by atoms with Crippen LogP contribution in [0.5, 0.6) is 0 Å². The van der Waals surface area contributed by atoms with Gasteiger partial charge in [0.1, 0.15) is 0 Å². The van der Waals surface area contributed by atoms with Gasteiger partial charge in [-0.25, -0.2) is 4.98 Å². The third kappa shape index (κ3) is 3.58. The highest BCUT2D eigenvalue weighted by atomic mass is 16.1. The van der Waals surface area contributed by atoms with E-state index in [2.05, 4.69) is 31.1 Å². The maximum absolute atomic E-state index is 12.1. The molecule has 1 N–H and O–H groups in total. The Labute approximate surface area is 103 Å². The number of hydrogen-bond acceptors (Lipinski definition) is 3. The first-order valence-electron chi connectivity index (χ1n) is 6.18. The Morgan fingerprint density at radius 2 is 2.12 bits per heavy atom. The molecule has 0 spiro atoms. The minimum absolute atomic E-state index is 0.0468. The zero-order valence-corrected chi connectivity index (χ0v) is 11.4. The van der Waals surface area contributed by atoms with Crippen molar-refractivity contribution in [3.63, 3.8) is 0 Å². The van der Waals surface area contributed by atoms with Gasteiger partial charge in [-0.1, -0.05) is 20.8 Å². The molecule has 0 saturated carbocycles. The Kier molecular flexibility index (Phi) is 4.32. The van der Waals surface area contributed by atoms with Gasteiger partial charge in [0.25, 0.3) is 5.56 Å². The van der Waals surface area contributed by atoms with Crippen molar-refractivity contribution in [3.8, 4) is 0 Å². The van der Waals surface area contributed by atoms with Crippen LogP contribution in [0.25, 0.3) is 0 Å². The van der Waals surface area contributed by atoms with E-state index >= 15 is 0 Å². The van der Waals surface area contributed by atoms with Crippen molar-refractivity contribution in [2.24, 2.45) is 5.41 Å². The van der Waals surface area contributed by atoms with Crippen molar-refractivity contribution in [3.05, 3.63) is 22.7 Å². The fourth-order valence-corrected chi connectivity index (χ4v) is 1.40. The van der Waals surface area contributed by atoms with Crippen LogP contribution >= 0.6 is 0 Å². The van der Waals surface area contributed by atoms with Gasteiger partial charge in [0, 0.05) is 25.0 Å². The average molecular weight is 237 g/mol. The van der Waals surface area contributed by atoms with Crippen molar-refractivity contribution in [2.75, 3.05) is 11.9 Å². The van der Waals surface area contributed by atoms with E-state index in [-0.39, 0.29) is 17.0 Å². The maximum Gasteiger partial charge on any atom is 0.293 e. The van der Waals surface area contributed by atoms with Crippen LogP contribution in [0.15, 0.2) is 17.2 Å². The van der Waals surface area contributed by atoms with Gasteiger partial charge in [-0.15, -0.1) is 0 Å². The number of rotatable bonds is 5. The summed E-state index contributed by atoms with van der Waals surface area (Å²) in [6.07, 6.45) is 4.46. The molecule has 96 valence electrons. The summed E-state index contributed by atoms with van der Waals surface area (Å²) in [5.41, 5.74) is 0.126. The predicted octanol–water partition coefficient (Wildman–Crippen LogP) is 2.67. The number of aromatic nitrogens is 2. The zero-order chi connectivity index (χ0) is 13.1. The van der Waals surface area contributed by atoms with Crippen molar-refractivity contribution < 1.29 is 0 Å². The Balaban J connectivity index is 2.86. The topological polar surface area (TPSA) is 46.9 Å². The molecule has 0 atom stereocenters. The predicted molar refractivity (Wildman–Crippen MR) is 71.4 cm³/mol. The molecule has 0 amide bonds. The Bertz CT molecular complexity index is 421. The van der Waals surface area contributed by atoms with E-state index in [0.29, 0.717) is 5.82 Å². The lowest BCUT2D eigenvalue weighted by Gasteiger charge is -2.23. The van der Waals surface area contributed by atoms with Crippen LogP contribution in [0.4, 0.5) is 5.82 Å². The Hall–Kier alpha value is -1.32. The summed E-state index contributed by atoms with van der Waals surface area (Å²) in [6, 6.07) is 0.158. The van der Waals surface area contributed by atoms with Crippen LogP contribution in [0.2, 0.25) is 0 Å². The largest absolute Gasteiger partial charge is 0.365 e. The van der Waals surface area contributed by atoms with Crippen LogP contribution in [0, 0.1) is 5.41 Å². The highest BCUT2D eigenvalue weighted by molar-refractivity contribution is 5.31. The molecule has 0 bridgehead atoms. The fourth-order valence-electron chi connectivity index (χ4n) is 1.40. The maximum atomic E-state index is 12.1. The molecule has 0 unspecified atom stereocenters. The van der Waals surface area contributed by atoms with Gasteiger partial charge in [-0.2, -0.15) is 0 Å². The molecule has 0 aliphatic heterocycles. The molecule has 0 saturated heterocycles. The number of anilines is 1. The molecule has 1 heterocycles. The highest BCUT2D eigenvalue weighted by Crippen LogP contribution is 2.19. The fraction of sp³-hybridized carbons (Fsp3) is 0.692. The summed E-state index contributed by atoms with van der Waals surface area (Å²) in [5, 5.41) is 3.15. The molecule has 1 aromatic rings. The van der Waals surface area contributed by atoms with Crippen LogP contribution in [0.3, 0.4) is 0 Å². The normalized spacial score (nSPS) is 11.9. The Morgan fingerprint density at radius 1 is 1.47 bits per heavy atom. The third-order valence-electron chi connectivity index (χ3n) is 3.12. The van der Waals surface area contributed by atoms with E-state index < -0.39 is 0 Å². The van der Waals surface area contributed by atoms with Crippen LogP contribution < -0.4 is 10.9 Å². The van der Waals surface area contributed by atoms with Gasteiger partial charge in [0.05, 0.1) is 0 Å². The summed E-state index contributed by atoms with van der Waals surface area (Å²) >= 11 is 0. The summed E-state index contributed by atoms with van der Waals surface area (Å²) in [7, 11) is 0. The monoisotopic (exact) mass is 237 g/mol. The summed E-state index contributed by atoms with van der Waals surface area (Å²) in [6.45, 7) is 11.2. The van der Waals surface area contributed by atoms with Crippen molar-refractivity contribution >= 4 is 5.82 Å². The third-order valence-corrected chi connectivity index (χ3v) is 3.12.